The molecule has 0 aromatic heterocycles. The van der Waals surface area contributed by atoms with Crippen LogP contribution in [-0.2, 0) is 0 Å². The van der Waals surface area contributed by atoms with E-state index in [9.17, 15) is 12.9 Å². The Balaban J connectivity index is 0.00000220. The third kappa shape index (κ3) is 5.31. The Bertz CT molecular complexity index is 599. The number of hydrogen-bond donors (Lipinski definition) is 0. The number of halogens is 3. The molecule has 0 spiro atoms. The van der Waals surface area contributed by atoms with Crippen LogP contribution in [0, 0.1) is 0 Å². The van der Waals surface area contributed by atoms with E-state index in [-0.39, 0.29) is 51.4 Å². The van der Waals surface area contributed by atoms with Crippen molar-refractivity contribution in [2.24, 2.45) is 0 Å². The minimum atomic E-state index is -5.06. The van der Waals surface area contributed by atoms with E-state index in [1.54, 1.807) is 12.1 Å². The SMILES string of the molecule is C=C(COc1ccccc1-c1ccccc1)[B-](F)(F)F.[K+]. The molecule has 0 fully saturated rings. The van der Waals surface area contributed by atoms with E-state index in [1.165, 1.54) is 0 Å². The van der Waals surface area contributed by atoms with Crippen molar-refractivity contribution in [1.29, 1.82) is 0 Å². The quantitative estimate of drug-likeness (QED) is 0.763. The van der Waals surface area contributed by atoms with Crippen molar-refractivity contribution in [3.05, 3.63) is 66.6 Å². The van der Waals surface area contributed by atoms with E-state index in [0.717, 1.165) is 11.1 Å². The molecule has 0 aliphatic rings. The third-order valence-corrected chi connectivity index (χ3v) is 2.85. The topological polar surface area (TPSA) is 9.23 Å². The molecule has 0 aliphatic heterocycles. The van der Waals surface area contributed by atoms with Gasteiger partial charge in [-0.2, -0.15) is 0 Å². The molecule has 0 heterocycles. The van der Waals surface area contributed by atoms with Crippen LogP contribution in [0.4, 0.5) is 12.9 Å². The Labute approximate surface area is 164 Å². The average molecular weight is 316 g/mol. The molecule has 104 valence electrons. The average Bonchev–Trinajstić information content (AvgIpc) is 2.45. The zero-order chi connectivity index (χ0) is 14.6. The third-order valence-electron chi connectivity index (χ3n) is 2.85. The van der Waals surface area contributed by atoms with Gasteiger partial charge in [-0.05, 0) is 11.6 Å². The Morgan fingerprint density at radius 3 is 2.14 bits per heavy atom. The van der Waals surface area contributed by atoms with Crippen molar-refractivity contribution in [2.45, 2.75) is 0 Å². The summed E-state index contributed by atoms with van der Waals surface area (Å²) in [7, 11) is 0. The van der Waals surface area contributed by atoms with E-state index in [4.69, 9.17) is 4.74 Å². The zero-order valence-electron chi connectivity index (χ0n) is 11.7. The summed E-state index contributed by atoms with van der Waals surface area (Å²) in [5.74, 6) is 0.417. The maximum Gasteiger partial charge on any atom is 1.00 e. The first-order valence-electron chi connectivity index (χ1n) is 6.13. The molecule has 0 saturated carbocycles. The Morgan fingerprint density at radius 2 is 1.52 bits per heavy atom. The molecular formula is C15H13BF3KO. The molecule has 0 N–H and O–H groups in total. The smallest absolute Gasteiger partial charge is 0.492 e. The van der Waals surface area contributed by atoms with Gasteiger partial charge in [0.2, 0.25) is 0 Å². The standard InChI is InChI=1S/C15H13BF3O.K/c1-12(16(17,18)19)11-20-15-10-6-5-9-14(15)13-7-3-2-4-8-13;/h2-10H,1,11H2;/q-1;+1. The van der Waals surface area contributed by atoms with Crippen LogP contribution in [0.1, 0.15) is 0 Å². The van der Waals surface area contributed by atoms with Crippen molar-refractivity contribution in [2.75, 3.05) is 6.61 Å². The molecule has 2 rings (SSSR count). The molecule has 0 bridgehead atoms. The second-order valence-electron chi connectivity index (χ2n) is 4.38. The number of rotatable bonds is 5. The zero-order valence-corrected chi connectivity index (χ0v) is 14.9. The minimum absolute atomic E-state index is 0. The van der Waals surface area contributed by atoms with Crippen LogP contribution in [0.25, 0.3) is 11.1 Å². The van der Waals surface area contributed by atoms with Crippen molar-refractivity contribution >= 4 is 6.98 Å². The van der Waals surface area contributed by atoms with Gasteiger partial charge in [0.25, 0.3) is 0 Å². The van der Waals surface area contributed by atoms with Crippen LogP contribution in [0.5, 0.6) is 5.75 Å². The molecule has 6 heteroatoms. The van der Waals surface area contributed by atoms with Gasteiger partial charge in [-0.15, -0.1) is 12.1 Å². The summed E-state index contributed by atoms with van der Waals surface area (Å²) in [6.45, 7) is -2.59. The van der Waals surface area contributed by atoms with Gasteiger partial charge in [0, 0.05) is 5.56 Å². The maximum atomic E-state index is 12.5. The van der Waals surface area contributed by atoms with Crippen LogP contribution >= 0.6 is 0 Å². The van der Waals surface area contributed by atoms with E-state index < -0.39 is 19.1 Å². The van der Waals surface area contributed by atoms with Gasteiger partial charge in [0.05, 0.1) is 6.61 Å². The Hall–Kier alpha value is -0.529. The predicted octanol–water partition coefficient (Wildman–Crippen LogP) is 1.68. The van der Waals surface area contributed by atoms with Crippen LogP contribution in [0.2, 0.25) is 0 Å². The van der Waals surface area contributed by atoms with E-state index >= 15 is 0 Å². The molecular weight excluding hydrogens is 303 g/mol. The number of ether oxygens (including phenoxy) is 1. The van der Waals surface area contributed by atoms with Crippen molar-refractivity contribution in [1.82, 2.24) is 0 Å². The van der Waals surface area contributed by atoms with E-state index in [0.29, 0.717) is 5.75 Å². The normalized spacial score (nSPS) is 10.6. The number of hydrogen-bond acceptors (Lipinski definition) is 1. The molecule has 1 nitrogen and oxygen atoms in total. The summed E-state index contributed by atoms with van der Waals surface area (Å²) in [5, 5.41) is 0. The van der Waals surface area contributed by atoms with Crippen LogP contribution in [0.3, 0.4) is 0 Å². The van der Waals surface area contributed by atoms with E-state index in [1.807, 2.05) is 42.5 Å². The molecule has 2 aromatic rings. The first-order chi connectivity index (χ1) is 9.48. The van der Waals surface area contributed by atoms with Gasteiger partial charge in [0.1, 0.15) is 5.75 Å². The van der Waals surface area contributed by atoms with Gasteiger partial charge in [-0.25, -0.2) is 0 Å². The molecule has 0 amide bonds. The van der Waals surface area contributed by atoms with Gasteiger partial charge >= 0.3 is 58.4 Å². The molecule has 0 unspecified atom stereocenters. The first-order valence-corrected chi connectivity index (χ1v) is 6.13. The summed E-state index contributed by atoms with van der Waals surface area (Å²) in [4.78, 5) is 0. The first kappa shape index (κ1) is 18.5. The monoisotopic (exact) mass is 316 g/mol. The summed E-state index contributed by atoms with van der Waals surface area (Å²) in [6, 6.07) is 16.4. The van der Waals surface area contributed by atoms with Crippen molar-refractivity contribution in [3.63, 3.8) is 0 Å². The number of benzene rings is 2. The van der Waals surface area contributed by atoms with Crippen molar-refractivity contribution in [3.8, 4) is 16.9 Å². The van der Waals surface area contributed by atoms with Crippen LogP contribution in [-0.4, -0.2) is 13.6 Å². The second kappa shape index (κ2) is 8.20. The van der Waals surface area contributed by atoms with Gasteiger partial charge in [-0.1, -0.05) is 48.5 Å². The minimum Gasteiger partial charge on any atom is -0.492 e. The van der Waals surface area contributed by atoms with Crippen LogP contribution in [0.15, 0.2) is 66.6 Å². The summed E-state index contributed by atoms with van der Waals surface area (Å²) in [6.07, 6.45) is 0. The van der Waals surface area contributed by atoms with Crippen LogP contribution < -0.4 is 56.1 Å². The summed E-state index contributed by atoms with van der Waals surface area (Å²) in [5.41, 5.74) is 0.815. The second-order valence-corrected chi connectivity index (χ2v) is 4.38. The van der Waals surface area contributed by atoms with Crippen molar-refractivity contribution < 1.29 is 69.1 Å². The molecule has 0 aliphatic carbocycles. The number of para-hydroxylation sites is 1. The van der Waals surface area contributed by atoms with Gasteiger partial charge in [-0.3, -0.25) is 0 Å². The maximum absolute atomic E-state index is 12.5. The van der Waals surface area contributed by atoms with Gasteiger partial charge in [0.15, 0.2) is 0 Å². The Morgan fingerprint density at radius 1 is 0.952 bits per heavy atom. The molecule has 21 heavy (non-hydrogen) atoms. The molecule has 2 aromatic carbocycles. The summed E-state index contributed by atoms with van der Waals surface area (Å²) >= 11 is 0. The fourth-order valence-electron chi connectivity index (χ4n) is 1.71. The summed E-state index contributed by atoms with van der Waals surface area (Å²) < 4.78 is 42.7. The largest absolute Gasteiger partial charge is 1.00 e. The fraction of sp³-hybridized carbons (Fsp3) is 0.0667. The van der Waals surface area contributed by atoms with Gasteiger partial charge < -0.3 is 17.7 Å². The Kier molecular flexibility index (Phi) is 7.23. The predicted molar refractivity (Wildman–Crippen MR) is 75.6 cm³/mol. The van der Waals surface area contributed by atoms with E-state index in [2.05, 4.69) is 6.58 Å². The molecule has 0 radical (unpaired) electrons. The molecule has 0 saturated heterocycles. The fourth-order valence-corrected chi connectivity index (χ4v) is 1.71. The molecule has 0 atom stereocenters.